The van der Waals surface area contributed by atoms with Crippen LogP contribution in [0.5, 0.6) is 0 Å². The Labute approximate surface area is 82.5 Å². The van der Waals surface area contributed by atoms with E-state index in [1.54, 1.807) is 0 Å². The molecule has 0 saturated heterocycles. The van der Waals surface area contributed by atoms with Gasteiger partial charge < -0.3 is 4.98 Å². The van der Waals surface area contributed by atoms with Crippen molar-refractivity contribution in [3.8, 4) is 6.07 Å². The van der Waals surface area contributed by atoms with Crippen molar-refractivity contribution < 1.29 is 0 Å². The molecule has 2 rings (SSSR count). The lowest BCUT2D eigenvalue weighted by molar-refractivity contribution is 1.35. The Bertz CT molecular complexity index is 467. The zero-order chi connectivity index (χ0) is 9.80. The summed E-state index contributed by atoms with van der Waals surface area (Å²) < 4.78 is 0. The lowest BCUT2D eigenvalue weighted by Gasteiger charge is -1.84. The number of aromatic nitrogens is 1. The van der Waals surface area contributed by atoms with E-state index in [1.165, 1.54) is 5.39 Å². The van der Waals surface area contributed by atoms with Crippen molar-refractivity contribution in [2.75, 3.05) is 0 Å². The van der Waals surface area contributed by atoms with Gasteiger partial charge in [0.25, 0.3) is 0 Å². The summed E-state index contributed by atoms with van der Waals surface area (Å²) in [6.45, 7) is 0. The number of aromatic amines is 1. The minimum Gasteiger partial charge on any atom is -0.355 e. The molecule has 0 atom stereocenters. The Morgan fingerprint density at radius 1 is 1.36 bits per heavy atom. The van der Waals surface area contributed by atoms with Gasteiger partial charge in [-0.25, -0.2) is 0 Å². The van der Waals surface area contributed by atoms with Gasteiger partial charge in [0, 0.05) is 11.2 Å². The summed E-state index contributed by atoms with van der Waals surface area (Å²) in [5, 5.41) is 9.57. The third-order valence-electron chi connectivity index (χ3n) is 2.06. The summed E-state index contributed by atoms with van der Waals surface area (Å²) in [6, 6.07) is 12.3. The number of hydrogen-bond donors (Lipinski definition) is 1. The molecule has 0 fully saturated rings. The summed E-state index contributed by atoms with van der Waals surface area (Å²) in [6.07, 6.45) is 4.24. The molecule has 0 saturated carbocycles. The van der Waals surface area contributed by atoms with Gasteiger partial charge in [-0.15, -0.1) is 0 Å². The quantitative estimate of drug-likeness (QED) is 0.761. The molecule has 0 spiro atoms. The number of para-hydroxylation sites is 1. The van der Waals surface area contributed by atoms with E-state index in [0.717, 1.165) is 11.2 Å². The van der Waals surface area contributed by atoms with Crippen molar-refractivity contribution in [1.82, 2.24) is 4.98 Å². The molecule has 0 aliphatic rings. The second kappa shape index (κ2) is 3.80. The van der Waals surface area contributed by atoms with Crippen molar-refractivity contribution in [2.45, 2.75) is 6.42 Å². The van der Waals surface area contributed by atoms with E-state index in [2.05, 4.69) is 23.2 Å². The molecule has 0 aliphatic carbocycles. The molecule has 0 aliphatic heterocycles. The van der Waals surface area contributed by atoms with E-state index in [4.69, 9.17) is 5.26 Å². The summed E-state index contributed by atoms with van der Waals surface area (Å²) in [5.74, 6) is 0. The van der Waals surface area contributed by atoms with Gasteiger partial charge in [-0.2, -0.15) is 5.26 Å². The molecule has 0 unspecified atom stereocenters. The highest BCUT2D eigenvalue weighted by atomic mass is 14.7. The maximum atomic E-state index is 8.37. The number of nitrogens with one attached hydrogen (secondary N) is 1. The van der Waals surface area contributed by atoms with Crippen LogP contribution >= 0.6 is 0 Å². The average molecular weight is 182 g/mol. The van der Waals surface area contributed by atoms with Crippen molar-refractivity contribution in [1.29, 1.82) is 5.26 Å². The lowest BCUT2D eigenvalue weighted by atomic mass is 10.2. The number of rotatable bonds is 2. The minimum absolute atomic E-state index is 0.454. The molecular formula is C12H10N2. The van der Waals surface area contributed by atoms with Gasteiger partial charge in [0.05, 0.1) is 12.5 Å². The minimum atomic E-state index is 0.454. The Kier molecular flexibility index (Phi) is 2.33. The van der Waals surface area contributed by atoms with Crippen LogP contribution in [0.4, 0.5) is 0 Å². The molecule has 1 aromatic heterocycles. The fourth-order valence-electron chi connectivity index (χ4n) is 1.42. The summed E-state index contributed by atoms with van der Waals surface area (Å²) in [5.41, 5.74) is 2.17. The predicted molar refractivity (Wildman–Crippen MR) is 57.6 cm³/mol. The van der Waals surface area contributed by atoms with Crippen molar-refractivity contribution in [3.63, 3.8) is 0 Å². The van der Waals surface area contributed by atoms with E-state index in [-0.39, 0.29) is 0 Å². The topological polar surface area (TPSA) is 39.6 Å². The summed E-state index contributed by atoms with van der Waals surface area (Å²) >= 11 is 0. The molecule has 1 N–H and O–H groups in total. The molecule has 14 heavy (non-hydrogen) atoms. The number of fused-ring (bicyclic) bond motifs is 1. The van der Waals surface area contributed by atoms with Crippen LogP contribution in [0, 0.1) is 11.3 Å². The molecule has 1 heterocycles. The lowest BCUT2D eigenvalue weighted by Crippen LogP contribution is -1.68. The second-order valence-corrected chi connectivity index (χ2v) is 3.08. The monoisotopic (exact) mass is 182 g/mol. The molecule has 68 valence electrons. The van der Waals surface area contributed by atoms with Crippen LogP contribution in [0.25, 0.3) is 17.0 Å². The first kappa shape index (κ1) is 8.58. The second-order valence-electron chi connectivity index (χ2n) is 3.08. The van der Waals surface area contributed by atoms with E-state index >= 15 is 0 Å². The maximum Gasteiger partial charge on any atom is 0.0663 e. The third-order valence-corrected chi connectivity index (χ3v) is 2.06. The number of H-pyrrole nitrogens is 1. The number of nitrogens with zero attached hydrogens (tertiary/aromatic N) is 1. The normalized spacial score (nSPS) is 10.8. The van der Waals surface area contributed by atoms with E-state index < -0.39 is 0 Å². The van der Waals surface area contributed by atoms with Gasteiger partial charge in [0.15, 0.2) is 0 Å². The first-order valence-electron chi connectivity index (χ1n) is 4.51. The van der Waals surface area contributed by atoms with E-state index in [0.29, 0.717) is 6.42 Å². The van der Waals surface area contributed by atoms with Gasteiger partial charge in [0.1, 0.15) is 0 Å². The molecule has 1 aromatic carbocycles. The van der Waals surface area contributed by atoms with Crippen LogP contribution in [-0.2, 0) is 0 Å². The fourth-order valence-corrected chi connectivity index (χ4v) is 1.42. The van der Waals surface area contributed by atoms with Gasteiger partial charge >= 0.3 is 0 Å². The fraction of sp³-hybridized carbons (Fsp3) is 0.0833. The largest absolute Gasteiger partial charge is 0.355 e. The van der Waals surface area contributed by atoms with Gasteiger partial charge in [-0.05, 0) is 23.6 Å². The van der Waals surface area contributed by atoms with Gasteiger partial charge in [0.2, 0.25) is 0 Å². The molecular weight excluding hydrogens is 172 g/mol. The van der Waals surface area contributed by atoms with Crippen molar-refractivity contribution >= 4 is 17.0 Å². The summed E-state index contributed by atoms with van der Waals surface area (Å²) in [7, 11) is 0. The Balaban J connectivity index is 2.32. The smallest absolute Gasteiger partial charge is 0.0663 e. The van der Waals surface area contributed by atoms with Crippen molar-refractivity contribution in [2.24, 2.45) is 0 Å². The number of allylic oxidation sites excluding steroid dienone is 1. The Morgan fingerprint density at radius 2 is 2.21 bits per heavy atom. The van der Waals surface area contributed by atoms with Crippen LogP contribution < -0.4 is 0 Å². The zero-order valence-electron chi connectivity index (χ0n) is 7.70. The van der Waals surface area contributed by atoms with Crippen molar-refractivity contribution in [3.05, 3.63) is 42.1 Å². The van der Waals surface area contributed by atoms with E-state index in [9.17, 15) is 0 Å². The van der Waals surface area contributed by atoms with Gasteiger partial charge in [-0.3, -0.25) is 0 Å². The van der Waals surface area contributed by atoms with E-state index in [1.807, 2.05) is 30.4 Å². The Hall–Kier alpha value is -2.01. The number of nitriles is 1. The third kappa shape index (κ3) is 1.67. The van der Waals surface area contributed by atoms with Crippen LogP contribution in [0.3, 0.4) is 0 Å². The molecule has 0 radical (unpaired) electrons. The number of benzene rings is 1. The predicted octanol–water partition coefficient (Wildman–Crippen LogP) is 3.09. The first-order chi connectivity index (χ1) is 6.90. The Morgan fingerprint density at radius 3 is 3.00 bits per heavy atom. The summed E-state index contributed by atoms with van der Waals surface area (Å²) in [4.78, 5) is 3.26. The molecule has 0 amide bonds. The molecule has 2 heteroatoms. The zero-order valence-corrected chi connectivity index (χ0v) is 7.70. The van der Waals surface area contributed by atoms with Crippen LogP contribution in [-0.4, -0.2) is 4.98 Å². The SMILES string of the molecule is N#CC/C=C/c1cc2ccccc2[nH]1. The molecule has 2 aromatic rings. The van der Waals surface area contributed by atoms with Gasteiger partial charge in [-0.1, -0.05) is 24.3 Å². The van der Waals surface area contributed by atoms with Crippen LogP contribution in [0.15, 0.2) is 36.4 Å². The highest BCUT2D eigenvalue weighted by Gasteiger charge is 1.95. The standard InChI is InChI=1S/C12H10N2/c13-8-4-3-6-11-9-10-5-1-2-7-12(10)14-11/h1-3,5-7,9,14H,4H2/b6-3+. The number of hydrogen-bond acceptors (Lipinski definition) is 1. The maximum absolute atomic E-state index is 8.37. The average Bonchev–Trinajstić information content (AvgIpc) is 2.60. The van der Waals surface area contributed by atoms with Crippen LogP contribution in [0.1, 0.15) is 12.1 Å². The molecule has 2 nitrogen and oxygen atoms in total. The highest BCUT2D eigenvalue weighted by Crippen LogP contribution is 2.15. The molecule has 0 bridgehead atoms. The first-order valence-corrected chi connectivity index (χ1v) is 4.51. The highest BCUT2D eigenvalue weighted by molar-refractivity contribution is 5.82. The van der Waals surface area contributed by atoms with Crippen LogP contribution in [0.2, 0.25) is 0 Å².